The molecule has 0 aliphatic heterocycles. The van der Waals surface area contributed by atoms with Crippen LogP contribution < -0.4 is 9.62 Å². The predicted molar refractivity (Wildman–Crippen MR) is 119 cm³/mol. The van der Waals surface area contributed by atoms with E-state index in [1.807, 2.05) is 0 Å². The van der Waals surface area contributed by atoms with Gasteiger partial charge in [-0.3, -0.25) is 4.31 Å². The largest absolute Gasteiger partial charge is 0.304 e. The first-order valence-corrected chi connectivity index (χ1v) is 13.3. The minimum absolute atomic E-state index is 0.0340. The summed E-state index contributed by atoms with van der Waals surface area (Å²) in [5.74, 6) is -0.893. The summed E-state index contributed by atoms with van der Waals surface area (Å²) in [4.78, 5) is -0.0340. The molecule has 1 atom stereocenters. The molecule has 30 heavy (non-hydrogen) atoms. The zero-order chi connectivity index (χ0) is 22.5. The lowest BCUT2D eigenvalue weighted by atomic mass is 10.1. The van der Waals surface area contributed by atoms with Gasteiger partial charge in [-0.05, 0) is 68.8 Å². The van der Waals surface area contributed by atoms with Gasteiger partial charge in [0.15, 0.2) is 9.84 Å². The maximum absolute atomic E-state index is 14.6. The fourth-order valence-electron chi connectivity index (χ4n) is 2.88. The molecule has 166 valence electrons. The standard InChI is InChI=1S/C19H23Cl2FN2O4S2/c1-14(4-3-11-23-13-29(2,25)26)24(19-12-16(21)7-10-18(19)22)30(27,28)17-8-5-15(20)6-9-17/h5-10,12,14,23H,3-4,11,13H2,1-2H3/t14-/m1/s1. The second-order valence-electron chi connectivity index (χ2n) is 6.91. The highest BCUT2D eigenvalue weighted by molar-refractivity contribution is 7.92. The van der Waals surface area contributed by atoms with Gasteiger partial charge in [-0.1, -0.05) is 23.2 Å². The van der Waals surface area contributed by atoms with Crippen molar-refractivity contribution in [1.29, 1.82) is 0 Å². The minimum atomic E-state index is -4.12. The molecule has 0 saturated heterocycles. The Labute approximate surface area is 187 Å². The predicted octanol–water partition coefficient (Wildman–Crippen LogP) is 4.09. The summed E-state index contributed by atoms with van der Waals surface area (Å²) in [5, 5.41) is 3.36. The van der Waals surface area contributed by atoms with Crippen molar-refractivity contribution in [3.8, 4) is 0 Å². The third-order valence-corrected chi connectivity index (χ3v) is 7.41. The number of anilines is 1. The number of rotatable bonds is 10. The Morgan fingerprint density at radius 2 is 1.63 bits per heavy atom. The number of benzene rings is 2. The summed E-state index contributed by atoms with van der Waals surface area (Å²) >= 11 is 11.9. The van der Waals surface area contributed by atoms with Crippen LogP contribution in [-0.4, -0.2) is 41.6 Å². The summed E-state index contributed by atoms with van der Waals surface area (Å²) in [5.41, 5.74) is -0.158. The van der Waals surface area contributed by atoms with Crippen LogP contribution >= 0.6 is 23.2 Å². The molecule has 0 aliphatic carbocycles. The fourth-order valence-corrected chi connectivity index (χ4v) is 5.37. The van der Waals surface area contributed by atoms with Gasteiger partial charge >= 0.3 is 0 Å². The molecule has 2 rings (SSSR count). The third kappa shape index (κ3) is 6.81. The van der Waals surface area contributed by atoms with Crippen molar-refractivity contribution in [2.45, 2.75) is 30.7 Å². The molecule has 0 unspecified atom stereocenters. The Morgan fingerprint density at radius 3 is 2.23 bits per heavy atom. The van der Waals surface area contributed by atoms with Gasteiger partial charge in [0.2, 0.25) is 0 Å². The molecular formula is C19H23Cl2FN2O4S2. The van der Waals surface area contributed by atoms with Gasteiger partial charge in [-0.25, -0.2) is 21.2 Å². The molecule has 0 fully saturated rings. The van der Waals surface area contributed by atoms with Crippen LogP contribution in [0.1, 0.15) is 19.8 Å². The van der Waals surface area contributed by atoms with Crippen LogP contribution in [-0.2, 0) is 19.9 Å². The van der Waals surface area contributed by atoms with Gasteiger partial charge in [-0.2, -0.15) is 0 Å². The lowest BCUT2D eigenvalue weighted by molar-refractivity contribution is 0.546. The van der Waals surface area contributed by atoms with E-state index >= 15 is 0 Å². The van der Waals surface area contributed by atoms with Crippen molar-refractivity contribution in [3.63, 3.8) is 0 Å². The van der Waals surface area contributed by atoms with E-state index in [1.54, 1.807) is 6.92 Å². The quantitative estimate of drug-likeness (QED) is 0.500. The van der Waals surface area contributed by atoms with E-state index < -0.39 is 31.7 Å². The number of hydrogen-bond acceptors (Lipinski definition) is 5. The second kappa shape index (κ2) is 10.3. The van der Waals surface area contributed by atoms with E-state index in [-0.39, 0.29) is 21.5 Å². The molecule has 2 aromatic carbocycles. The van der Waals surface area contributed by atoms with E-state index in [1.165, 1.54) is 36.4 Å². The number of sulfone groups is 1. The summed E-state index contributed by atoms with van der Waals surface area (Å²) < 4.78 is 64.7. The maximum atomic E-state index is 14.6. The minimum Gasteiger partial charge on any atom is -0.304 e. The number of halogens is 3. The molecule has 0 spiro atoms. The average Bonchev–Trinajstić information content (AvgIpc) is 2.63. The average molecular weight is 497 g/mol. The fraction of sp³-hybridized carbons (Fsp3) is 0.368. The van der Waals surface area contributed by atoms with E-state index in [4.69, 9.17) is 23.2 Å². The van der Waals surface area contributed by atoms with Gasteiger partial charge in [0.1, 0.15) is 5.82 Å². The smallest absolute Gasteiger partial charge is 0.264 e. The zero-order valence-electron chi connectivity index (χ0n) is 16.5. The Bertz CT molecular complexity index is 1080. The normalized spacial score (nSPS) is 13.2. The van der Waals surface area contributed by atoms with Crippen molar-refractivity contribution in [2.24, 2.45) is 0 Å². The van der Waals surface area contributed by atoms with Gasteiger partial charge < -0.3 is 5.32 Å². The van der Waals surface area contributed by atoms with Crippen molar-refractivity contribution < 1.29 is 21.2 Å². The highest BCUT2D eigenvalue weighted by atomic mass is 35.5. The lowest BCUT2D eigenvalue weighted by Gasteiger charge is -2.31. The first-order chi connectivity index (χ1) is 13.9. The number of nitrogens with zero attached hydrogens (tertiary/aromatic N) is 1. The highest BCUT2D eigenvalue weighted by Gasteiger charge is 2.31. The van der Waals surface area contributed by atoms with Crippen LogP contribution in [0.25, 0.3) is 0 Å². The Hall–Kier alpha value is -1.39. The highest BCUT2D eigenvalue weighted by Crippen LogP contribution is 2.32. The summed E-state index contributed by atoms with van der Waals surface area (Å²) in [6, 6.07) is 8.69. The summed E-state index contributed by atoms with van der Waals surface area (Å²) in [7, 11) is -7.27. The molecule has 0 bridgehead atoms. The summed E-state index contributed by atoms with van der Waals surface area (Å²) in [6.07, 6.45) is 1.95. The van der Waals surface area contributed by atoms with Crippen LogP contribution in [0.4, 0.5) is 10.1 Å². The first kappa shape index (κ1) is 24.9. The molecule has 0 saturated carbocycles. The van der Waals surface area contributed by atoms with Crippen LogP contribution in [0.15, 0.2) is 47.4 Å². The van der Waals surface area contributed by atoms with Gasteiger partial charge in [-0.15, -0.1) is 0 Å². The maximum Gasteiger partial charge on any atom is 0.264 e. The molecule has 0 heterocycles. The number of sulfonamides is 1. The van der Waals surface area contributed by atoms with Crippen molar-refractivity contribution in [1.82, 2.24) is 5.32 Å². The Morgan fingerprint density at radius 1 is 1.03 bits per heavy atom. The van der Waals surface area contributed by atoms with Gasteiger partial charge in [0.05, 0.1) is 16.5 Å². The topological polar surface area (TPSA) is 83.6 Å². The zero-order valence-corrected chi connectivity index (χ0v) is 19.6. The molecular weight excluding hydrogens is 474 g/mol. The van der Waals surface area contributed by atoms with Crippen molar-refractivity contribution in [3.05, 3.63) is 58.3 Å². The van der Waals surface area contributed by atoms with Gasteiger partial charge in [0, 0.05) is 22.3 Å². The number of hydrogen-bond donors (Lipinski definition) is 1. The SMILES string of the molecule is C[C@H](CCCNCS(C)(=O)=O)N(c1cc(Cl)ccc1F)S(=O)(=O)c1ccc(Cl)cc1. The molecule has 11 heteroatoms. The molecule has 0 aromatic heterocycles. The van der Waals surface area contributed by atoms with Crippen LogP contribution in [0.2, 0.25) is 10.0 Å². The van der Waals surface area contributed by atoms with Gasteiger partial charge in [0.25, 0.3) is 10.0 Å². The van der Waals surface area contributed by atoms with Crippen molar-refractivity contribution >= 4 is 48.7 Å². The molecule has 0 radical (unpaired) electrons. The van der Waals surface area contributed by atoms with Crippen LogP contribution in [0.3, 0.4) is 0 Å². The summed E-state index contributed by atoms with van der Waals surface area (Å²) in [6.45, 7) is 2.02. The monoisotopic (exact) mass is 496 g/mol. The van der Waals surface area contributed by atoms with Crippen molar-refractivity contribution in [2.75, 3.05) is 23.0 Å². The Balaban J connectivity index is 2.32. The van der Waals surface area contributed by atoms with Crippen LogP contribution in [0, 0.1) is 5.82 Å². The second-order valence-corrected chi connectivity index (χ2v) is 11.7. The Kier molecular flexibility index (Phi) is 8.52. The third-order valence-electron chi connectivity index (χ3n) is 4.26. The molecule has 1 N–H and O–H groups in total. The van der Waals surface area contributed by atoms with E-state index in [2.05, 4.69) is 5.32 Å². The lowest BCUT2D eigenvalue weighted by Crippen LogP contribution is -2.39. The molecule has 6 nitrogen and oxygen atoms in total. The van der Waals surface area contributed by atoms with E-state index in [0.717, 1.165) is 16.6 Å². The number of nitrogens with one attached hydrogen (secondary N) is 1. The molecule has 0 amide bonds. The molecule has 2 aromatic rings. The van der Waals surface area contributed by atoms with Crippen LogP contribution in [0.5, 0.6) is 0 Å². The molecule has 0 aliphatic rings. The first-order valence-electron chi connectivity index (χ1n) is 9.05. The van der Waals surface area contributed by atoms with E-state index in [9.17, 15) is 21.2 Å². The van der Waals surface area contributed by atoms with E-state index in [0.29, 0.717) is 24.4 Å².